The number of hydrogen-bond donors (Lipinski definition) is 1. The minimum absolute atomic E-state index is 0.246. The normalized spacial score (nSPS) is 13.7. The predicted octanol–water partition coefficient (Wildman–Crippen LogP) is 5.72. The second-order valence-corrected chi connectivity index (χ2v) is 8.34. The number of aryl methyl sites for hydroxylation is 4. The smallest absolute Gasteiger partial charge is 0.282 e. The third-order valence-electron chi connectivity index (χ3n) is 5.92. The first-order valence-electron chi connectivity index (χ1n) is 11.1. The van der Waals surface area contributed by atoms with Crippen LogP contribution >= 0.6 is 0 Å². The molecule has 4 rings (SSSR count). The fourth-order valence-electron chi connectivity index (χ4n) is 4.07. The molecule has 5 nitrogen and oxygen atoms in total. The van der Waals surface area contributed by atoms with Gasteiger partial charge in [-0.1, -0.05) is 48.0 Å². The van der Waals surface area contributed by atoms with Gasteiger partial charge in [-0.25, -0.2) is 4.90 Å². The van der Waals surface area contributed by atoms with Crippen LogP contribution in [0.2, 0.25) is 0 Å². The topological polar surface area (TPSA) is 58.6 Å². The summed E-state index contributed by atoms with van der Waals surface area (Å²) in [7, 11) is 0. The molecule has 1 heterocycles. The second-order valence-electron chi connectivity index (χ2n) is 8.34. The molecule has 3 aromatic carbocycles. The van der Waals surface area contributed by atoms with Crippen molar-refractivity contribution in [2.45, 2.75) is 34.6 Å². The molecule has 3 aromatic rings. The van der Waals surface area contributed by atoms with Crippen LogP contribution in [0.25, 0.3) is 5.57 Å². The van der Waals surface area contributed by atoms with Crippen molar-refractivity contribution in [3.63, 3.8) is 0 Å². The molecule has 1 aliphatic rings. The summed E-state index contributed by atoms with van der Waals surface area (Å²) in [5.74, 6) is -0.102. The van der Waals surface area contributed by atoms with E-state index >= 15 is 0 Å². The number of amides is 2. The fourth-order valence-corrected chi connectivity index (χ4v) is 4.07. The van der Waals surface area contributed by atoms with Gasteiger partial charge in [-0.2, -0.15) is 0 Å². The Bertz CT molecular complexity index is 1290. The Labute approximate surface area is 194 Å². The first kappa shape index (κ1) is 22.3. The molecule has 1 N–H and O–H groups in total. The summed E-state index contributed by atoms with van der Waals surface area (Å²) in [5.41, 5.74) is 6.66. The van der Waals surface area contributed by atoms with Crippen LogP contribution in [0.1, 0.15) is 34.7 Å². The van der Waals surface area contributed by atoms with Crippen LogP contribution in [0.3, 0.4) is 0 Å². The molecule has 0 saturated heterocycles. The number of carbonyl (C=O) groups is 2. The molecule has 0 unspecified atom stereocenters. The maximum Gasteiger partial charge on any atom is 0.282 e. The SMILES string of the molecule is CCOc1ccccc1NC1=C(c2ccc(C)c(C)c2)C(=O)N(c2ccc(C)cc2C)C1=O. The van der Waals surface area contributed by atoms with Crippen LogP contribution < -0.4 is 15.0 Å². The molecular weight excluding hydrogens is 412 g/mol. The Morgan fingerprint density at radius 2 is 1.58 bits per heavy atom. The summed E-state index contributed by atoms with van der Waals surface area (Å²) in [5, 5.41) is 3.23. The van der Waals surface area contributed by atoms with E-state index in [1.165, 1.54) is 4.90 Å². The Hall–Kier alpha value is -3.86. The number of carbonyl (C=O) groups excluding carboxylic acids is 2. The highest BCUT2D eigenvalue weighted by Gasteiger charge is 2.41. The lowest BCUT2D eigenvalue weighted by atomic mass is 9.99. The number of imide groups is 1. The van der Waals surface area contributed by atoms with E-state index < -0.39 is 0 Å². The zero-order chi connectivity index (χ0) is 23.7. The van der Waals surface area contributed by atoms with E-state index in [1.54, 1.807) is 0 Å². The van der Waals surface area contributed by atoms with Gasteiger partial charge < -0.3 is 10.1 Å². The number of ether oxygens (including phenoxy) is 1. The van der Waals surface area contributed by atoms with Crippen molar-refractivity contribution < 1.29 is 14.3 Å². The number of rotatable bonds is 6. The maximum atomic E-state index is 13.7. The van der Waals surface area contributed by atoms with E-state index in [1.807, 2.05) is 95.3 Å². The Morgan fingerprint density at radius 1 is 0.818 bits per heavy atom. The minimum atomic E-state index is -0.383. The van der Waals surface area contributed by atoms with Gasteiger partial charge in [0.1, 0.15) is 11.4 Å². The molecule has 0 bridgehead atoms. The molecule has 0 spiro atoms. The Balaban J connectivity index is 1.87. The molecular formula is C28H28N2O3. The van der Waals surface area contributed by atoms with Gasteiger partial charge in [0.2, 0.25) is 0 Å². The Kier molecular flexibility index (Phi) is 6.05. The van der Waals surface area contributed by atoms with Gasteiger partial charge in [0, 0.05) is 0 Å². The highest BCUT2D eigenvalue weighted by Crippen LogP contribution is 2.37. The first-order chi connectivity index (χ1) is 15.8. The van der Waals surface area contributed by atoms with E-state index in [9.17, 15) is 9.59 Å². The fraction of sp³-hybridized carbons (Fsp3) is 0.214. The number of benzene rings is 3. The van der Waals surface area contributed by atoms with Crippen LogP contribution in [-0.4, -0.2) is 18.4 Å². The molecule has 33 heavy (non-hydrogen) atoms. The molecule has 0 atom stereocenters. The van der Waals surface area contributed by atoms with Crippen LogP contribution in [0, 0.1) is 27.7 Å². The summed E-state index contributed by atoms with van der Waals surface area (Å²) in [6.45, 7) is 10.3. The lowest BCUT2D eigenvalue weighted by Crippen LogP contribution is -2.33. The molecule has 0 saturated carbocycles. The van der Waals surface area contributed by atoms with E-state index in [4.69, 9.17) is 4.74 Å². The standard InChI is InChI=1S/C28H28N2O3/c1-6-33-24-10-8-7-9-22(24)29-26-25(21-13-12-18(3)19(4)16-21)27(31)30(28(26)32)23-14-11-17(2)15-20(23)5/h7-16,29H,6H2,1-5H3. The lowest BCUT2D eigenvalue weighted by Gasteiger charge is -2.18. The van der Waals surface area contributed by atoms with Crippen molar-refractivity contribution in [1.82, 2.24) is 0 Å². The summed E-state index contributed by atoms with van der Waals surface area (Å²) in [6.07, 6.45) is 0. The molecule has 0 aromatic heterocycles. The van der Waals surface area contributed by atoms with Crippen LogP contribution in [-0.2, 0) is 9.59 Å². The van der Waals surface area contributed by atoms with Crippen LogP contribution in [0.5, 0.6) is 5.75 Å². The van der Waals surface area contributed by atoms with Crippen molar-refractivity contribution >= 4 is 28.8 Å². The van der Waals surface area contributed by atoms with Gasteiger partial charge in [-0.15, -0.1) is 0 Å². The number of nitrogens with zero attached hydrogens (tertiary/aromatic N) is 1. The average Bonchev–Trinajstić information content (AvgIpc) is 3.01. The van der Waals surface area contributed by atoms with Gasteiger partial charge in [0.05, 0.1) is 23.6 Å². The van der Waals surface area contributed by atoms with Crippen LogP contribution in [0.4, 0.5) is 11.4 Å². The van der Waals surface area contributed by atoms with Crippen molar-refractivity contribution in [2.24, 2.45) is 0 Å². The number of hydrogen-bond acceptors (Lipinski definition) is 4. The summed E-state index contributed by atoms with van der Waals surface area (Å²) >= 11 is 0. The van der Waals surface area contributed by atoms with E-state index in [-0.39, 0.29) is 17.5 Å². The molecule has 168 valence electrons. The molecule has 1 aliphatic heterocycles. The van der Waals surface area contributed by atoms with E-state index in [0.29, 0.717) is 34.9 Å². The molecule has 0 aliphatic carbocycles. The average molecular weight is 441 g/mol. The van der Waals surface area contributed by atoms with Gasteiger partial charge in [-0.3, -0.25) is 9.59 Å². The predicted molar refractivity (Wildman–Crippen MR) is 132 cm³/mol. The monoisotopic (exact) mass is 440 g/mol. The van der Waals surface area contributed by atoms with Crippen molar-refractivity contribution in [2.75, 3.05) is 16.8 Å². The summed E-state index contributed by atoms with van der Waals surface area (Å²) < 4.78 is 5.73. The van der Waals surface area contributed by atoms with Crippen molar-refractivity contribution in [3.05, 3.63) is 94.2 Å². The van der Waals surface area contributed by atoms with E-state index in [2.05, 4.69) is 5.32 Å². The van der Waals surface area contributed by atoms with Crippen LogP contribution in [0.15, 0.2) is 66.4 Å². The zero-order valence-corrected chi connectivity index (χ0v) is 19.7. The second kappa shape index (κ2) is 8.94. The first-order valence-corrected chi connectivity index (χ1v) is 11.1. The maximum absolute atomic E-state index is 13.7. The number of nitrogens with one attached hydrogen (secondary N) is 1. The lowest BCUT2D eigenvalue weighted by molar-refractivity contribution is -0.120. The highest BCUT2D eigenvalue weighted by molar-refractivity contribution is 6.46. The molecule has 2 amide bonds. The molecule has 0 radical (unpaired) electrons. The van der Waals surface area contributed by atoms with Crippen molar-refractivity contribution in [3.8, 4) is 5.75 Å². The largest absolute Gasteiger partial charge is 0.492 e. The van der Waals surface area contributed by atoms with Gasteiger partial charge >= 0.3 is 0 Å². The quantitative estimate of drug-likeness (QED) is 0.499. The highest BCUT2D eigenvalue weighted by atomic mass is 16.5. The third kappa shape index (κ3) is 4.14. The Morgan fingerprint density at radius 3 is 2.27 bits per heavy atom. The molecule has 0 fully saturated rings. The summed E-state index contributed by atoms with van der Waals surface area (Å²) in [4.78, 5) is 28.7. The third-order valence-corrected chi connectivity index (χ3v) is 5.92. The zero-order valence-electron chi connectivity index (χ0n) is 19.7. The number of anilines is 2. The number of para-hydroxylation sites is 2. The van der Waals surface area contributed by atoms with Gasteiger partial charge in [0.15, 0.2) is 0 Å². The van der Waals surface area contributed by atoms with Crippen molar-refractivity contribution in [1.29, 1.82) is 0 Å². The van der Waals surface area contributed by atoms with E-state index in [0.717, 1.165) is 22.3 Å². The van der Waals surface area contributed by atoms with Gasteiger partial charge in [0.25, 0.3) is 11.8 Å². The molecule has 5 heteroatoms. The van der Waals surface area contributed by atoms with Gasteiger partial charge in [-0.05, 0) is 75.1 Å². The minimum Gasteiger partial charge on any atom is -0.492 e. The summed E-state index contributed by atoms with van der Waals surface area (Å²) in [6, 6.07) is 19.0.